The third-order valence-electron chi connectivity index (χ3n) is 3.03. The van der Waals surface area contributed by atoms with E-state index in [9.17, 15) is 0 Å². The highest BCUT2D eigenvalue weighted by Gasteiger charge is 2.05. The van der Waals surface area contributed by atoms with Gasteiger partial charge >= 0.3 is 0 Å². The third-order valence-corrected chi connectivity index (χ3v) is 3.03. The highest BCUT2D eigenvalue weighted by atomic mass is 15.1. The first kappa shape index (κ1) is 11.6. The molecule has 0 bridgehead atoms. The fourth-order valence-electron chi connectivity index (χ4n) is 1.87. The molecule has 0 amide bonds. The molecule has 3 heteroatoms. The highest BCUT2D eigenvalue weighted by molar-refractivity contribution is 5.67. The van der Waals surface area contributed by atoms with E-state index in [1.807, 2.05) is 19.4 Å². The van der Waals surface area contributed by atoms with Crippen molar-refractivity contribution in [1.29, 1.82) is 0 Å². The van der Waals surface area contributed by atoms with Crippen molar-refractivity contribution in [3.8, 4) is 11.1 Å². The van der Waals surface area contributed by atoms with Crippen LogP contribution in [0.15, 0.2) is 24.5 Å². The molecule has 1 aromatic heterocycles. The van der Waals surface area contributed by atoms with Crippen molar-refractivity contribution >= 4 is 5.95 Å². The van der Waals surface area contributed by atoms with Crippen molar-refractivity contribution in [3.05, 3.63) is 41.2 Å². The fourth-order valence-corrected chi connectivity index (χ4v) is 1.87. The Morgan fingerprint density at radius 2 is 1.47 bits per heavy atom. The zero-order valence-corrected chi connectivity index (χ0v) is 10.7. The third kappa shape index (κ3) is 2.28. The Labute approximate surface area is 102 Å². The molecule has 88 valence electrons. The molecule has 0 aliphatic carbocycles. The minimum atomic E-state index is 0.648. The topological polar surface area (TPSA) is 37.8 Å². The molecule has 0 atom stereocenters. The lowest BCUT2D eigenvalue weighted by Crippen LogP contribution is -1.96. The number of nitrogens with zero attached hydrogens (tertiary/aromatic N) is 2. The van der Waals surface area contributed by atoms with Gasteiger partial charge in [0.1, 0.15) is 0 Å². The van der Waals surface area contributed by atoms with Gasteiger partial charge < -0.3 is 5.32 Å². The van der Waals surface area contributed by atoms with Gasteiger partial charge in [-0.15, -0.1) is 0 Å². The summed E-state index contributed by atoms with van der Waals surface area (Å²) in [7, 11) is 1.82. The number of aromatic nitrogens is 2. The van der Waals surface area contributed by atoms with Gasteiger partial charge in [-0.1, -0.05) is 12.1 Å². The van der Waals surface area contributed by atoms with Crippen LogP contribution in [0.5, 0.6) is 0 Å². The Bertz CT molecular complexity index is 530. The molecule has 17 heavy (non-hydrogen) atoms. The molecule has 0 aliphatic heterocycles. The van der Waals surface area contributed by atoms with Crippen molar-refractivity contribution < 1.29 is 0 Å². The average Bonchev–Trinajstić information content (AvgIpc) is 2.34. The maximum atomic E-state index is 4.24. The number of nitrogens with one attached hydrogen (secondary N) is 1. The Hall–Kier alpha value is -1.90. The van der Waals surface area contributed by atoms with Gasteiger partial charge in [0.2, 0.25) is 5.95 Å². The number of rotatable bonds is 2. The Balaban J connectivity index is 2.48. The van der Waals surface area contributed by atoms with Gasteiger partial charge in [-0.05, 0) is 43.0 Å². The molecule has 2 aromatic rings. The maximum Gasteiger partial charge on any atom is 0.222 e. The molecule has 0 fully saturated rings. The van der Waals surface area contributed by atoms with Crippen LogP contribution in [0.3, 0.4) is 0 Å². The molecule has 0 aliphatic rings. The van der Waals surface area contributed by atoms with Crippen LogP contribution in [-0.2, 0) is 0 Å². The summed E-state index contributed by atoms with van der Waals surface area (Å²) in [6.07, 6.45) is 3.71. The van der Waals surface area contributed by atoms with E-state index in [2.05, 4.69) is 48.2 Å². The molecule has 0 saturated carbocycles. The highest BCUT2D eigenvalue weighted by Crippen LogP contribution is 2.25. The van der Waals surface area contributed by atoms with Crippen molar-refractivity contribution in [3.63, 3.8) is 0 Å². The lowest BCUT2D eigenvalue weighted by atomic mass is 9.97. The van der Waals surface area contributed by atoms with Crippen molar-refractivity contribution in [1.82, 2.24) is 9.97 Å². The van der Waals surface area contributed by atoms with E-state index in [-0.39, 0.29) is 0 Å². The average molecular weight is 227 g/mol. The molecule has 1 aromatic carbocycles. The van der Waals surface area contributed by atoms with E-state index < -0.39 is 0 Å². The molecule has 0 saturated heterocycles. The van der Waals surface area contributed by atoms with Gasteiger partial charge in [-0.25, -0.2) is 9.97 Å². The van der Waals surface area contributed by atoms with Gasteiger partial charge in [0.15, 0.2) is 0 Å². The van der Waals surface area contributed by atoms with Crippen LogP contribution in [-0.4, -0.2) is 17.0 Å². The first-order valence-corrected chi connectivity index (χ1v) is 5.70. The van der Waals surface area contributed by atoms with Gasteiger partial charge in [0.25, 0.3) is 0 Å². The number of hydrogen-bond donors (Lipinski definition) is 1. The zero-order chi connectivity index (χ0) is 12.4. The standard InChI is InChI=1S/C14H17N3/c1-9-5-11(3)13(6-10(9)2)12-7-16-14(15-4)17-8-12/h5-8H,1-4H3,(H,15,16,17). The summed E-state index contributed by atoms with van der Waals surface area (Å²) in [5.41, 5.74) is 6.14. The van der Waals surface area contributed by atoms with Gasteiger partial charge in [-0.2, -0.15) is 0 Å². The summed E-state index contributed by atoms with van der Waals surface area (Å²) >= 11 is 0. The Kier molecular flexibility index (Phi) is 3.09. The summed E-state index contributed by atoms with van der Waals surface area (Å²) in [4.78, 5) is 8.49. The van der Waals surface area contributed by atoms with Crippen LogP contribution in [0.4, 0.5) is 5.95 Å². The monoisotopic (exact) mass is 227 g/mol. The van der Waals surface area contributed by atoms with E-state index in [1.165, 1.54) is 22.3 Å². The van der Waals surface area contributed by atoms with Crippen molar-refractivity contribution in [2.45, 2.75) is 20.8 Å². The molecule has 1 heterocycles. The molecule has 0 spiro atoms. The van der Waals surface area contributed by atoms with E-state index in [0.29, 0.717) is 5.95 Å². The Morgan fingerprint density at radius 3 is 2.06 bits per heavy atom. The molecule has 0 radical (unpaired) electrons. The second-order valence-electron chi connectivity index (χ2n) is 4.30. The smallest absolute Gasteiger partial charge is 0.222 e. The lowest BCUT2D eigenvalue weighted by molar-refractivity contribution is 1.15. The van der Waals surface area contributed by atoms with E-state index >= 15 is 0 Å². The minimum Gasteiger partial charge on any atom is -0.357 e. The number of aryl methyl sites for hydroxylation is 3. The van der Waals surface area contributed by atoms with Crippen LogP contribution in [0.25, 0.3) is 11.1 Å². The van der Waals surface area contributed by atoms with Crippen LogP contribution in [0.1, 0.15) is 16.7 Å². The maximum absolute atomic E-state index is 4.24. The summed E-state index contributed by atoms with van der Waals surface area (Å²) in [6.45, 7) is 6.38. The first-order chi connectivity index (χ1) is 8.11. The summed E-state index contributed by atoms with van der Waals surface area (Å²) in [5, 5.41) is 2.92. The van der Waals surface area contributed by atoms with E-state index in [1.54, 1.807) is 0 Å². The lowest BCUT2D eigenvalue weighted by Gasteiger charge is -2.09. The molecule has 3 nitrogen and oxygen atoms in total. The zero-order valence-electron chi connectivity index (χ0n) is 10.7. The van der Waals surface area contributed by atoms with E-state index in [4.69, 9.17) is 0 Å². The normalized spacial score (nSPS) is 10.4. The van der Waals surface area contributed by atoms with Crippen LogP contribution >= 0.6 is 0 Å². The summed E-state index contributed by atoms with van der Waals surface area (Å²) < 4.78 is 0. The van der Waals surface area contributed by atoms with Crippen molar-refractivity contribution in [2.24, 2.45) is 0 Å². The molecular weight excluding hydrogens is 210 g/mol. The first-order valence-electron chi connectivity index (χ1n) is 5.70. The number of hydrogen-bond acceptors (Lipinski definition) is 3. The predicted molar refractivity (Wildman–Crippen MR) is 71.2 cm³/mol. The quantitative estimate of drug-likeness (QED) is 0.856. The molecule has 0 unspecified atom stereocenters. The van der Waals surface area contributed by atoms with E-state index in [0.717, 1.165) is 5.56 Å². The summed E-state index contributed by atoms with van der Waals surface area (Å²) in [6, 6.07) is 4.40. The minimum absolute atomic E-state index is 0.648. The molecule has 2 rings (SSSR count). The molecule has 1 N–H and O–H groups in total. The van der Waals surface area contributed by atoms with Gasteiger partial charge in [0.05, 0.1) is 0 Å². The van der Waals surface area contributed by atoms with Crippen LogP contribution in [0.2, 0.25) is 0 Å². The Morgan fingerprint density at radius 1 is 0.882 bits per heavy atom. The fraction of sp³-hybridized carbons (Fsp3) is 0.286. The number of benzene rings is 1. The summed E-state index contributed by atoms with van der Waals surface area (Å²) in [5.74, 6) is 0.648. The predicted octanol–water partition coefficient (Wildman–Crippen LogP) is 3.11. The van der Waals surface area contributed by atoms with Crippen LogP contribution in [0, 0.1) is 20.8 Å². The second kappa shape index (κ2) is 4.53. The molecular formula is C14H17N3. The van der Waals surface area contributed by atoms with Crippen molar-refractivity contribution in [2.75, 3.05) is 12.4 Å². The SMILES string of the molecule is CNc1ncc(-c2cc(C)c(C)cc2C)cn1. The van der Waals surface area contributed by atoms with Crippen LogP contribution < -0.4 is 5.32 Å². The van der Waals surface area contributed by atoms with Gasteiger partial charge in [0, 0.05) is 25.0 Å². The number of anilines is 1. The van der Waals surface area contributed by atoms with Gasteiger partial charge in [-0.3, -0.25) is 0 Å². The second-order valence-corrected chi connectivity index (χ2v) is 4.30. The largest absolute Gasteiger partial charge is 0.357 e.